The Labute approximate surface area is 541 Å². The number of benzene rings is 4. The molecule has 4 aromatic carbocycles. The van der Waals surface area contributed by atoms with Gasteiger partial charge in [0.25, 0.3) is 22.9 Å². The molecule has 24 nitrogen and oxygen atoms in total. The Hall–Kier alpha value is -11.0. The van der Waals surface area contributed by atoms with Gasteiger partial charge in [-0.3, -0.25) is 37.9 Å². The quantitative estimate of drug-likeness (QED) is 0.0790. The molecule has 8 heterocycles. The molecule has 94 heavy (non-hydrogen) atoms. The fourth-order valence-electron chi connectivity index (χ4n) is 12.4. The number of rotatable bonds is 14. The van der Waals surface area contributed by atoms with E-state index in [0.717, 1.165) is 68.5 Å². The normalized spacial score (nSPS) is 13.9. The third-order valence-corrected chi connectivity index (χ3v) is 17.4. The van der Waals surface area contributed by atoms with E-state index in [1.54, 1.807) is 84.9 Å². The highest BCUT2D eigenvalue weighted by Crippen LogP contribution is 2.39. The lowest BCUT2D eigenvalue weighted by molar-refractivity contribution is -0.136. The minimum absolute atomic E-state index is 0.0321. The largest absolute Gasteiger partial charge is 0.382 e. The van der Waals surface area contributed by atoms with Gasteiger partial charge in [-0.15, -0.1) is 0 Å². The molecule has 2 fully saturated rings. The molecule has 0 unspecified atom stereocenters. The molecule has 2 aliphatic rings. The number of nitrogen functional groups attached to an aromatic ring is 2. The van der Waals surface area contributed by atoms with E-state index >= 15 is 0 Å². The molecule has 24 heteroatoms. The van der Waals surface area contributed by atoms with Crippen molar-refractivity contribution in [3.63, 3.8) is 0 Å². The number of para-hydroxylation sites is 2. The van der Waals surface area contributed by atoms with Crippen LogP contribution in [0, 0.1) is 11.8 Å². The summed E-state index contributed by atoms with van der Waals surface area (Å²) in [5.74, 6) is 0.103. The van der Waals surface area contributed by atoms with Crippen molar-refractivity contribution in [2.24, 2.45) is 11.8 Å². The van der Waals surface area contributed by atoms with Crippen LogP contribution in [-0.2, 0) is 9.59 Å². The SMILES string of the molecule is CC(C)C(=O)N1CCC(c2cc(-c3ccc(NC(=O)c4cn(C(C)C)c(=O)n(-c5ccccc5)c4=O)cc3)c3c(N)ncnn23)CC1.CC(C)C(=O)N1CCC(c2cc(-c3ccc(NC(=O)c4cn(C(C)C)c(=O)n(-c5ccccc5)c4=O)cc3)c3c(N)ncnn23)CC1. The summed E-state index contributed by atoms with van der Waals surface area (Å²) in [6.07, 6.45) is 8.78. The van der Waals surface area contributed by atoms with Crippen LogP contribution in [0.3, 0.4) is 0 Å². The average Bonchev–Trinajstić information content (AvgIpc) is 1.37. The summed E-state index contributed by atoms with van der Waals surface area (Å²) in [6, 6.07) is 35.2. The second-order valence-corrected chi connectivity index (χ2v) is 25.0. The van der Waals surface area contributed by atoms with Gasteiger partial charge in [-0.1, -0.05) is 88.4 Å². The molecule has 0 spiro atoms. The van der Waals surface area contributed by atoms with Gasteiger partial charge in [0, 0.05) is 108 Å². The van der Waals surface area contributed by atoms with Gasteiger partial charge in [0.15, 0.2) is 11.6 Å². The first-order valence-electron chi connectivity index (χ1n) is 31.6. The third-order valence-electron chi connectivity index (χ3n) is 17.4. The molecule has 2 aliphatic heterocycles. The summed E-state index contributed by atoms with van der Waals surface area (Å²) < 4.78 is 8.48. The van der Waals surface area contributed by atoms with E-state index in [1.807, 2.05) is 98.5 Å². The van der Waals surface area contributed by atoms with E-state index in [-0.39, 0.29) is 58.7 Å². The molecule has 0 saturated carbocycles. The van der Waals surface area contributed by atoms with Gasteiger partial charge in [-0.2, -0.15) is 10.2 Å². The van der Waals surface area contributed by atoms with E-state index in [1.165, 1.54) is 34.2 Å². The Morgan fingerprint density at radius 3 is 1.14 bits per heavy atom. The first kappa shape index (κ1) is 64.5. The minimum atomic E-state index is -0.699. The lowest BCUT2D eigenvalue weighted by Crippen LogP contribution is -2.42. The number of anilines is 4. The number of nitrogens with zero attached hydrogens (tertiary/aromatic N) is 12. The molecular formula is C70H76N16O8. The zero-order valence-electron chi connectivity index (χ0n) is 53.8. The van der Waals surface area contributed by atoms with Crippen molar-refractivity contribution < 1.29 is 19.2 Å². The zero-order valence-corrected chi connectivity index (χ0v) is 53.8. The molecule has 0 atom stereocenters. The van der Waals surface area contributed by atoms with E-state index in [2.05, 4.69) is 42.9 Å². The lowest BCUT2D eigenvalue weighted by Gasteiger charge is -2.33. The number of hydrogen-bond acceptors (Lipinski definition) is 14. The average molecular weight is 1270 g/mol. The highest BCUT2D eigenvalue weighted by atomic mass is 16.2. The maximum absolute atomic E-state index is 13.5. The van der Waals surface area contributed by atoms with Crippen LogP contribution >= 0.6 is 0 Å². The van der Waals surface area contributed by atoms with Crippen molar-refractivity contribution in [2.75, 3.05) is 48.3 Å². The van der Waals surface area contributed by atoms with Gasteiger partial charge in [0.1, 0.15) is 34.8 Å². The summed E-state index contributed by atoms with van der Waals surface area (Å²) in [5, 5.41) is 14.7. The summed E-state index contributed by atoms with van der Waals surface area (Å²) in [7, 11) is 0. The second kappa shape index (κ2) is 27.0. The number of piperidine rings is 2. The smallest absolute Gasteiger partial charge is 0.335 e. The minimum Gasteiger partial charge on any atom is -0.382 e. The molecule has 6 aromatic heterocycles. The molecule has 0 aliphatic carbocycles. The van der Waals surface area contributed by atoms with Gasteiger partial charge in [-0.05, 0) is 125 Å². The first-order valence-corrected chi connectivity index (χ1v) is 31.6. The topological polar surface area (TPSA) is 299 Å². The molecule has 0 radical (unpaired) electrons. The van der Waals surface area contributed by atoms with Gasteiger partial charge in [-0.25, -0.2) is 37.7 Å². The predicted molar refractivity (Wildman–Crippen MR) is 362 cm³/mol. The number of carbonyl (C=O) groups excluding carboxylic acids is 4. The van der Waals surface area contributed by atoms with Crippen LogP contribution in [-0.4, -0.2) is 107 Å². The van der Waals surface area contributed by atoms with Crippen LogP contribution in [0.15, 0.2) is 166 Å². The number of likely N-dealkylation sites (tertiary alicyclic amines) is 2. The summed E-state index contributed by atoms with van der Waals surface area (Å²) in [6.45, 7) is 17.7. The van der Waals surface area contributed by atoms with Gasteiger partial charge in [0.05, 0.1) is 11.4 Å². The first-order chi connectivity index (χ1) is 45.1. The second-order valence-electron chi connectivity index (χ2n) is 25.0. The number of carbonyl (C=O) groups is 4. The number of aromatic nitrogens is 10. The van der Waals surface area contributed by atoms with Crippen molar-refractivity contribution in [3.05, 3.63) is 211 Å². The maximum Gasteiger partial charge on any atom is 0.335 e. The Balaban J connectivity index is 0.000000192. The predicted octanol–water partition coefficient (Wildman–Crippen LogP) is 8.97. The number of nitrogens with one attached hydrogen (secondary N) is 2. The van der Waals surface area contributed by atoms with E-state index < -0.39 is 34.3 Å². The van der Waals surface area contributed by atoms with Gasteiger partial charge in [0.2, 0.25) is 11.8 Å². The van der Waals surface area contributed by atoms with Crippen molar-refractivity contribution in [1.82, 2.24) is 57.3 Å². The van der Waals surface area contributed by atoms with Gasteiger partial charge < -0.3 is 31.9 Å². The van der Waals surface area contributed by atoms with Crippen molar-refractivity contribution in [2.45, 2.75) is 105 Å². The lowest BCUT2D eigenvalue weighted by atomic mass is 9.92. The van der Waals surface area contributed by atoms with Crippen molar-refractivity contribution in [1.29, 1.82) is 0 Å². The summed E-state index contributed by atoms with van der Waals surface area (Å²) in [5.41, 5.74) is 18.5. The molecular weight excluding hydrogens is 1190 g/mol. The molecule has 0 bridgehead atoms. The Morgan fingerprint density at radius 2 is 0.819 bits per heavy atom. The van der Waals surface area contributed by atoms with Crippen LogP contribution in [0.5, 0.6) is 0 Å². The van der Waals surface area contributed by atoms with Crippen LogP contribution < -0.4 is 44.6 Å². The molecule has 10 aromatic rings. The molecule has 2 saturated heterocycles. The van der Waals surface area contributed by atoms with Crippen LogP contribution in [0.4, 0.5) is 23.0 Å². The van der Waals surface area contributed by atoms with Crippen LogP contribution in [0.25, 0.3) is 44.7 Å². The Morgan fingerprint density at radius 1 is 0.479 bits per heavy atom. The summed E-state index contributed by atoms with van der Waals surface area (Å²) in [4.78, 5) is 118. The number of amides is 4. The Bertz CT molecular complexity index is 4440. The standard InChI is InChI=1S/2C35H38N8O4/c2*1-21(2)33(45)40-16-14-24(15-17-40)29-18-27(30-31(36)37-20-38-43(29)30)23-10-12-25(13-11-23)39-32(44)28-19-41(22(3)4)35(47)42(34(28)46)26-8-6-5-7-9-26/h2*5-13,18-22,24H,14-17H2,1-4H3,(H,39,44)(H2,36,37,38). The van der Waals surface area contributed by atoms with Crippen molar-refractivity contribution >= 4 is 57.7 Å². The van der Waals surface area contributed by atoms with Crippen LogP contribution in [0.1, 0.15) is 137 Å². The fourth-order valence-corrected chi connectivity index (χ4v) is 12.4. The number of hydrogen-bond donors (Lipinski definition) is 4. The molecule has 6 N–H and O–H groups in total. The number of fused-ring (bicyclic) bond motifs is 2. The number of nitrogens with two attached hydrogens (primary N) is 2. The van der Waals surface area contributed by atoms with E-state index in [9.17, 15) is 38.4 Å². The van der Waals surface area contributed by atoms with E-state index in [4.69, 9.17) is 11.5 Å². The van der Waals surface area contributed by atoms with Gasteiger partial charge >= 0.3 is 11.4 Å². The highest BCUT2D eigenvalue weighted by Gasteiger charge is 2.31. The zero-order chi connectivity index (χ0) is 66.8. The summed E-state index contributed by atoms with van der Waals surface area (Å²) >= 11 is 0. The maximum atomic E-state index is 13.5. The monoisotopic (exact) mass is 1270 g/mol. The Kier molecular flexibility index (Phi) is 18.5. The highest BCUT2D eigenvalue weighted by molar-refractivity contribution is 6.05. The third kappa shape index (κ3) is 12.8. The molecule has 4 amide bonds. The molecule has 12 rings (SSSR count). The molecule has 484 valence electrons. The van der Waals surface area contributed by atoms with Crippen molar-refractivity contribution in [3.8, 4) is 33.6 Å². The fraction of sp³-hybridized carbons (Fsp3) is 0.314. The van der Waals surface area contributed by atoms with E-state index in [0.29, 0.717) is 71.6 Å². The van der Waals surface area contributed by atoms with Crippen LogP contribution in [0.2, 0.25) is 0 Å².